The molecular weight excluding hydrogens is 414 g/mol. The maximum Gasteiger partial charge on any atom is 0.333 e. The molecule has 1 unspecified atom stereocenters. The molecular formula is C22H35N5O5. The maximum atomic E-state index is 13.2. The van der Waals surface area contributed by atoms with E-state index in [1.807, 2.05) is 27.7 Å². The molecule has 0 saturated carbocycles. The molecule has 2 rings (SSSR count). The van der Waals surface area contributed by atoms with Gasteiger partial charge in [0.25, 0.3) is 5.56 Å². The highest BCUT2D eigenvalue weighted by Gasteiger charge is 2.41. The lowest BCUT2D eigenvalue weighted by Crippen LogP contribution is -2.50. The number of nitrogens with one attached hydrogen (secondary N) is 2. The minimum absolute atomic E-state index is 0.149. The highest BCUT2D eigenvalue weighted by Crippen LogP contribution is 2.29. The van der Waals surface area contributed by atoms with Crippen LogP contribution in [0.25, 0.3) is 0 Å². The van der Waals surface area contributed by atoms with Gasteiger partial charge in [0.1, 0.15) is 17.9 Å². The molecule has 0 aromatic carbocycles. The van der Waals surface area contributed by atoms with Crippen molar-refractivity contribution in [3.63, 3.8) is 0 Å². The molecule has 1 aliphatic rings. The smallest absolute Gasteiger partial charge is 0.333 e. The third-order valence-electron chi connectivity index (χ3n) is 4.86. The van der Waals surface area contributed by atoms with Gasteiger partial charge >= 0.3 is 5.69 Å². The lowest BCUT2D eigenvalue weighted by atomic mass is 10.1. The van der Waals surface area contributed by atoms with Gasteiger partial charge in [0.2, 0.25) is 11.8 Å². The molecule has 0 radical (unpaired) electrons. The number of amides is 2. The van der Waals surface area contributed by atoms with E-state index in [-0.39, 0.29) is 30.4 Å². The van der Waals surface area contributed by atoms with Crippen LogP contribution in [0.3, 0.4) is 0 Å². The number of hydrogen-bond acceptors (Lipinski definition) is 6. The van der Waals surface area contributed by atoms with Gasteiger partial charge in [-0.1, -0.05) is 6.92 Å². The van der Waals surface area contributed by atoms with Crippen molar-refractivity contribution in [3.05, 3.63) is 26.4 Å². The van der Waals surface area contributed by atoms with Gasteiger partial charge in [0.05, 0.1) is 12.6 Å². The van der Waals surface area contributed by atoms with Crippen LogP contribution < -0.4 is 26.8 Å². The van der Waals surface area contributed by atoms with Crippen molar-refractivity contribution in [3.8, 4) is 0 Å². The largest absolute Gasteiger partial charge is 0.350 e. The number of Topliss-reactive ketones (excluding diaryl/α,β-unsaturated/α-hetero) is 1. The Balaban J connectivity index is 2.60. The molecule has 2 amide bonds. The SMILES string of the molecule is CCCn1c2c(c(=O)n(CC(=O)NC(C)(C)C)c1=O)C(=O)C(C)N2CC(=O)NC(C)(C)C. The van der Waals surface area contributed by atoms with Crippen molar-refractivity contribution in [2.75, 3.05) is 11.4 Å². The number of aromatic nitrogens is 2. The second-order valence-electron chi connectivity index (χ2n) is 10.3. The molecule has 1 aromatic heterocycles. The predicted molar refractivity (Wildman–Crippen MR) is 122 cm³/mol. The van der Waals surface area contributed by atoms with Crippen LogP contribution >= 0.6 is 0 Å². The number of nitrogens with zero attached hydrogens (tertiary/aromatic N) is 3. The number of ketones is 1. The highest BCUT2D eigenvalue weighted by atomic mass is 16.2. The molecule has 0 aliphatic carbocycles. The van der Waals surface area contributed by atoms with E-state index in [4.69, 9.17) is 0 Å². The van der Waals surface area contributed by atoms with E-state index in [1.165, 1.54) is 9.47 Å². The summed E-state index contributed by atoms with van der Waals surface area (Å²) in [6.07, 6.45) is 0.559. The van der Waals surface area contributed by atoms with Gasteiger partial charge in [-0.25, -0.2) is 9.36 Å². The average Bonchev–Trinajstić information content (AvgIpc) is 2.84. The van der Waals surface area contributed by atoms with E-state index in [0.717, 1.165) is 4.57 Å². The predicted octanol–water partition coefficient (Wildman–Crippen LogP) is 0.641. The first-order valence-corrected chi connectivity index (χ1v) is 10.9. The fourth-order valence-electron chi connectivity index (χ4n) is 3.73. The number of carbonyl (C=O) groups is 3. The molecule has 0 fully saturated rings. The number of fused-ring (bicyclic) bond motifs is 1. The summed E-state index contributed by atoms with van der Waals surface area (Å²) in [7, 11) is 0. The van der Waals surface area contributed by atoms with Crippen molar-refractivity contribution in [1.82, 2.24) is 19.8 Å². The fourth-order valence-corrected chi connectivity index (χ4v) is 3.73. The van der Waals surface area contributed by atoms with Crippen molar-refractivity contribution in [2.45, 2.75) is 92.0 Å². The Bertz CT molecular complexity index is 1040. The minimum atomic E-state index is -0.808. The van der Waals surface area contributed by atoms with E-state index in [2.05, 4.69) is 10.6 Å². The van der Waals surface area contributed by atoms with Gasteiger partial charge < -0.3 is 15.5 Å². The Morgan fingerprint density at radius 3 is 1.84 bits per heavy atom. The number of hydrogen-bond donors (Lipinski definition) is 2. The van der Waals surface area contributed by atoms with Crippen molar-refractivity contribution in [2.24, 2.45) is 0 Å². The minimum Gasteiger partial charge on any atom is -0.350 e. The van der Waals surface area contributed by atoms with Crippen LogP contribution in [0.1, 0.15) is 72.2 Å². The van der Waals surface area contributed by atoms with Crippen LogP contribution in [-0.4, -0.2) is 50.4 Å². The summed E-state index contributed by atoms with van der Waals surface area (Å²) in [5.74, 6) is -1.15. The summed E-state index contributed by atoms with van der Waals surface area (Å²) < 4.78 is 2.13. The Labute approximate surface area is 188 Å². The van der Waals surface area contributed by atoms with Crippen molar-refractivity contribution >= 4 is 23.4 Å². The monoisotopic (exact) mass is 449 g/mol. The lowest BCUT2D eigenvalue weighted by molar-refractivity contribution is -0.123. The Morgan fingerprint density at radius 1 is 0.875 bits per heavy atom. The fraction of sp³-hybridized carbons (Fsp3) is 0.682. The van der Waals surface area contributed by atoms with Gasteiger partial charge in [0, 0.05) is 17.6 Å². The zero-order valence-electron chi connectivity index (χ0n) is 20.3. The van der Waals surface area contributed by atoms with Gasteiger partial charge in [-0.2, -0.15) is 0 Å². The molecule has 2 heterocycles. The summed E-state index contributed by atoms with van der Waals surface area (Å²) in [6.45, 7) is 13.9. The summed E-state index contributed by atoms with van der Waals surface area (Å²) in [5.41, 5.74) is -2.65. The van der Waals surface area contributed by atoms with Crippen LogP contribution in [0.5, 0.6) is 0 Å². The van der Waals surface area contributed by atoms with Crippen molar-refractivity contribution in [1.29, 1.82) is 0 Å². The molecule has 0 spiro atoms. The normalized spacial score (nSPS) is 16.2. The van der Waals surface area contributed by atoms with Gasteiger partial charge in [0.15, 0.2) is 5.78 Å². The van der Waals surface area contributed by atoms with E-state index >= 15 is 0 Å². The molecule has 2 N–H and O–H groups in total. The molecule has 178 valence electrons. The van der Waals surface area contributed by atoms with Crippen LogP contribution in [0.15, 0.2) is 9.59 Å². The standard InChI is InChI=1S/C22H35N5O5/c1-9-10-25-18-16(17(30)13(2)26(18)11-14(28)23-21(3,4)5)19(31)27(20(25)32)12-15(29)24-22(6,7)8/h13H,9-12H2,1-8H3,(H,23,28)(H,24,29). The quantitative estimate of drug-likeness (QED) is 0.657. The molecule has 0 saturated heterocycles. The molecule has 0 bridgehead atoms. The summed E-state index contributed by atoms with van der Waals surface area (Å²) >= 11 is 0. The second kappa shape index (κ2) is 8.91. The first-order chi connectivity index (χ1) is 14.6. The first kappa shape index (κ1) is 25.4. The Hall–Kier alpha value is -2.91. The highest BCUT2D eigenvalue weighted by molar-refractivity contribution is 6.10. The third-order valence-corrected chi connectivity index (χ3v) is 4.86. The molecule has 1 atom stereocenters. The number of rotatable bonds is 6. The zero-order chi connectivity index (χ0) is 24.6. The van der Waals surface area contributed by atoms with Crippen LogP contribution in [0, 0.1) is 0 Å². The number of anilines is 1. The van der Waals surface area contributed by atoms with Crippen molar-refractivity contribution < 1.29 is 14.4 Å². The lowest BCUT2D eigenvalue weighted by Gasteiger charge is -2.28. The van der Waals surface area contributed by atoms with Crippen LogP contribution in [-0.2, 0) is 22.7 Å². The second-order valence-corrected chi connectivity index (χ2v) is 10.3. The van der Waals surface area contributed by atoms with E-state index in [9.17, 15) is 24.0 Å². The average molecular weight is 450 g/mol. The maximum absolute atomic E-state index is 13.2. The molecule has 32 heavy (non-hydrogen) atoms. The summed E-state index contributed by atoms with van der Waals surface area (Å²) in [6, 6.07) is -0.787. The Morgan fingerprint density at radius 2 is 1.38 bits per heavy atom. The number of carbonyl (C=O) groups excluding carboxylic acids is 3. The molecule has 1 aliphatic heterocycles. The van der Waals surface area contributed by atoms with E-state index in [0.29, 0.717) is 6.42 Å². The topological polar surface area (TPSA) is 123 Å². The Kier molecular flexibility index (Phi) is 7.06. The third kappa shape index (κ3) is 5.46. The van der Waals surface area contributed by atoms with Crippen LogP contribution in [0.4, 0.5) is 5.82 Å². The van der Waals surface area contributed by atoms with E-state index in [1.54, 1.807) is 27.7 Å². The molecule has 10 nitrogen and oxygen atoms in total. The summed E-state index contributed by atoms with van der Waals surface area (Å²) in [5, 5.41) is 5.56. The van der Waals surface area contributed by atoms with Gasteiger partial charge in [-0.3, -0.25) is 23.7 Å². The first-order valence-electron chi connectivity index (χ1n) is 10.9. The zero-order valence-corrected chi connectivity index (χ0v) is 20.3. The summed E-state index contributed by atoms with van der Waals surface area (Å²) in [4.78, 5) is 65.9. The molecule has 10 heteroatoms. The van der Waals surface area contributed by atoms with Crippen LogP contribution in [0.2, 0.25) is 0 Å². The van der Waals surface area contributed by atoms with E-state index < -0.39 is 46.6 Å². The molecule has 1 aromatic rings. The van der Waals surface area contributed by atoms with Gasteiger partial charge in [-0.05, 0) is 54.9 Å². The van der Waals surface area contributed by atoms with Gasteiger partial charge in [-0.15, -0.1) is 0 Å².